The summed E-state index contributed by atoms with van der Waals surface area (Å²) in [6.07, 6.45) is 2.19. The van der Waals surface area contributed by atoms with Crippen LogP contribution in [-0.4, -0.2) is 17.4 Å². The maximum Gasteiger partial charge on any atom is 0.119 e. The van der Waals surface area contributed by atoms with Crippen molar-refractivity contribution in [2.75, 3.05) is 12.9 Å². The van der Waals surface area contributed by atoms with Gasteiger partial charge < -0.3 is 9.30 Å². The number of aromatic nitrogens is 1. The van der Waals surface area contributed by atoms with Crippen LogP contribution < -0.4 is 4.74 Å². The first-order valence-corrected chi connectivity index (χ1v) is 8.18. The molecule has 4 rings (SSSR count). The fourth-order valence-corrected chi connectivity index (χ4v) is 4.32. The number of rotatable bonds is 3. The Balaban J connectivity index is 1.66. The maximum atomic E-state index is 5.30. The molecule has 1 atom stereocenters. The van der Waals surface area contributed by atoms with E-state index in [1.165, 1.54) is 27.1 Å². The van der Waals surface area contributed by atoms with E-state index in [0.29, 0.717) is 5.92 Å². The third-order valence-corrected chi connectivity index (χ3v) is 5.45. The molecule has 1 aliphatic heterocycles. The van der Waals surface area contributed by atoms with Gasteiger partial charge in [-0.25, -0.2) is 0 Å². The Kier molecular flexibility index (Phi) is 3.15. The third-order valence-electron chi connectivity index (χ3n) is 4.19. The number of hydrogen-bond donors (Lipinski definition) is 0. The first-order valence-electron chi connectivity index (χ1n) is 7.20. The highest BCUT2D eigenvalue weighted by Crippen LogP contribution is 2.40. The van der Waals surface area contributed by atoms with Crippen molar-refractivity contribution >= 4 is 22.7 Å². The normalized spacial score (nSPS) is 17.1. The predicted molar refractivity (Wildman–Crippen MR) is 88.4 cm³/mol. The lowest BCUT2D eigenvalue weighted by atomic mass is 10.0. The van der Waals surface area contributed by atoms with Crippen LogP contribution in [0.3, 0.4) is 0 Å². The Morgan fingerprint density at radius 2 is 2.10 bits per heavy atom. The van der Waals surface area contributed by atoms with Crippen molar-refractivity contribution in [2.24, 2.45) is 0 Å². The number of methoxy groups -OCH3 is 1. The van der Waals surface area contributed by atoms with Crippen LogP contribution in [0.4, 0.5) is 0 Å². The molecule has 1 aliphatic rings. The van der Waals surface area contributed by atoms with Gasteiger partial charge >= 0.3 is 0 Å². The molecule has 3 heteroatoms. The molecule has 2 aromatic carbocycles. The summed E-state index contributed by atoms with van der Waals surface area (Å²) < 4.78 is 7.66. The summed E-state index contributed by atoms with van der Waals surface area (Å²) in [4.78, 5) is 1.45. The number of hydrogen-bond acceptors (Lipinski definition) is 2. The summed E-state index contributed by atoms with van der Waals surface area (Å²) in [6.45, 7) is 1.04. The van der Waals surface area contributed by atoms with Crippen molar-refractivity contribution in [3.05, 3.63) is 60.3 Å². The third kappa shape index (κ3) is 2.22. The van der Waals surface area contributed by atoms with E-state index in [2.05, 4.69) is 53.2 Å². The SMILES string of the molecule is COc1ccc2c(ccn2CC2CSc3ccccc32)c1. The van der Waals surface area contributed by atoms with E-state index >= 15 is 0 Å². The van der Waals surface area contributed by atoms with Crippen LogP contribution in [0.25, 0.3) is 10.9 Å². The van der Waals surface area contributed by atoms with Gasteiger partial charge in [-0.1, -0.05) is 18.2 Å². The Hall–Kier alpha value is -1.87. The van der Waals surface area contributed by atoms with Crippen molar-refractivity contribution in [3.63, 3.8) is 0 Å². The zero-order valence-electron chi connectivity index (χ0n) is 12.0. The van der Waals surface area contributed by atoms with E-state index < -0.39 is 0 Å². The maximum absolute atomic E-state index is 5.30. The Morgan fingerprint density at radius 1 is 1.19 bits per heavy atom. The molecule has 0 aliphatic carbocycles. The van der Waals surface area contributed by atoms with Crippen molar-refractivity contribution in [3.8, 4) is 5.75 Å². The van der Waals surface area contributed by atoms with Gasteiger partial charge in [0.05, 0.1) is 7.11 Å². The van der Waals surface area contributed by atoms with Crippen LogP contribution in [-0.2, 0) is 6.54 Å². The van der Waals surface area contributed by atoms with Gasteiger partial charge in [0.25, 0.3) is 0 Å². The minimum absolute atomic E-state index is 0.601. The average Bonchev–Trinajstić information content (AvgIpc) is 3.12. The van der Waals surface area contributed by atoms with Crippen LogP contribution in [0.2, 0.25) is 0 Å². The van der Waals surface area contributed by atoms with Crippen LogP contribution in [0.5, 0.6) is 5.75 Å². The van der Waals surface area contributed by atoms with E-state index in [9.17, 15) is 0 Å². The second kappa shape index (κ2) is 5.15. The summed E-state index contributed by atoms with van der Waals surface area (Å²) >= 11 is 1.98. The van der Waals surface area contributed by atoms with Gasteiger partial charge in [0.15, 0.2) is 0 Å². The summed E-state index contributed by atoms with van der Waals surface area (Å²) in [6, 6.07) is 17.3. The van der Waals surface area contributed by atoms with Gasteiger partial charge in [-0.3, -0.25) is 0 Å². The van der Waals surface area contributed by atoms with Crippen LogP contribution in [0.15, 0.2) is 59.6 Å². The van der Waals surface area contributed by atoms with Crippen molar-refractivity contribution < 1.29 is 4.74 Å². The molecule has 2 nitrogen and oxygen atoms in total. The van der Waals surface area contributed by atoms with Gasteiger partial charge in [0.1, 0.15) is 5.75 Å². The second-order valence-corrected chi connectivity index (χ2v) is 6.50. The van der Waals surface area contributed by atoms with Gasteiger partial charge in [0.2, 0.25) is 0 Å². The number of ether oxygens (including phenoxy) is 1. The van der Waals surface area contributed by atoms with E-state index in [0.717, 1.165) is 12.3 Å². The zero-order chi connectivity index (χ0) is 14.2. The molecule has 2 heterocycles. The number of benzene rings is 2. The molecule has 0 amide bonds. The highest BCUT2D eigenvalue weighted by molar-refractivity contribution is 7.99. The van der Waals surface area contributed by atoms with Crippen molar-refractivity contribution in [1.29, 1.82) is 0 Å². The molecular formula is C18H17NOS. The molecule has 0 spiro atoms. The summed E-state index contributed by atoms with van der Waals surface area (Å²) in [5.74, 6) is 2.70. The van der Waals surface area contributed by atoms with Gasteiger partial charge in [-0.15, -0.1) is 11.8 Å². The molecule has 0 saturated carbocycles. The summed E-state index contributed by atoms with van der Waals surface area (Å²) in [7, 11) is 1.71. The Bertz CT molecular complexity index is 793. The van der Waals surface area contributed by atoms with Crippen LogP contribution >= 0.6 is 11.8 Å². The molecule has 106 valence electrons. The molecule has 0 saturated heterocycles. The van der Waals surface area contributed by atoms with E-state index in [1.54, 1.807) is 7.11 Å². The number of nitrogens with zero attached hydrogens (tertiary/aromatic N) is 1. The first-order chi connectivity index (χ1) is 10.3. The number of fused-ring (bicyclic) bond motifs is 2. The van der Waals surface area contributed by atoms with Crippen LogP contribution in [0, 0.1) is 0 Å². The summed E-state index contributed by atoms with van der Waals surface area (Å²) in [5.41, 5.74) is 2.78. The summed E-state index contributed by atoms with van der Waals surface area (Å²) in [5, 5.41) is 1.24. The Labute approximate surface area is 128 Å². The molecule has 0 bridgehead atoms. The number of thioether (sulfide) groups is 1. The highest BCUT2D eigenvalue weighted by atomic mass is 32.2. The smallest absolute Gasteiger partial charge is 0.119 e. The lowest BCUT2D eigenvalue weighted by Crippen LogP contribution is -2.07. The van der Waals surface area contributed by atoms with E-state index in [4.69, 9.17) is 4.74 Å². The molecule has 21 heavy (non-hydrogen) atoms. The predicted octanol–water partition coefficient (Wildman–Crippen LogP) is 4.54. The minimum Gasteiger partial charge on any atom is -0.497 e. The lowest BCUT2D eigenvalue weighted by Gasteiger charge is -2.13. The minimum atomic E-state index is 0.601. The quantitative estimate of drug-likeness (QED) is 0.704. The van der Waals surface area contributed by atoms with Gasteiger partial charge in [-0.2, -0.15) is 0 Å². The molecule has 1 unspecified atom stereocenters. The lowest BCUT2D eigenvalue weighted by molar-refractivity contribution is 0.415. The monoisotopic (exact) mass is 295 g/mol. The second-order valence-electron chi connectivity index (χ2n) is 5.44. The standard InChI is InChI=1S/C18H17NOS/c1-20-15-6-7-17-13(10-15)8-9-19(17)11-14-12-21-18-5-3-2-4-16(14)18/h2-10,14H,11-12H2,1H3. The largest absolute Gasteiger partial charge is 0.497 e. The Morgan fingerprint density at radius 3 is 3.00 bits per heavy atom. The van der Waals surface area contributed by atoms with Gasteiger partial charge in [-0.05, 0) is 35.9 Å². The van der Waals surface area contributed by atoms with Gasteiger partial charge in [0, 0.05) is 40.2 Å². The molecule has 1 aromatic heterocycles. The van der Waals surface area contributed by atoms with Crippen molar-refractivity contribution in [1.82, 2.24) is 4.57 Å². The van der Waals surface area contributed by atoms with E-state index in [1.807, 2.05) is 17.8 Å². The molecule has 0 fully saturated rings. The zero-order valence-corrected chi connectivity index (χ0v) is 12.8. The molecule has 0 radical (unpaired) electrons. The molecule has 0 N–H and O–H groups in total. The molecular weight excluding hydrogens is 278 g/mol. The van der Waals surface area contributed by atoms with E-state index in [-0.39, 0.29) is 0 Å². The first kappa shape index (κ1) is 12.8. The fraction of sp³-hybridized carbons (Fsp3) is 0.222. The fourth-order valence-electron chi connectivity index (χ4n) is 3.08. The highest BCUT2D eigenvalue weighted by Gasteiger charge is 2.23. The van der Waals surface area contributed by atoms with Crippen LogP contribution in [0.1, 0.15) is 11.5 Å². The average molecular weight is 295 g/mol. The van der Waals surface area contributed by atoms with Crippen molar-refractivity contribution in [2.45, 2.75) is 17.4 Å². The molecule has 3 aromatic rings. The topological polar surface area (TPSA) is 14.2 Å².